The maximum Gasteiger partial charge on any atom is 0.255 e. The molecule has 126 valence electrons. The number of halogens is 1. The molecule has 3 aromatic rings. The summed E-state index contributed by atoms with van der Waals surface area (Å²) in [4.78, 5) is 12.2. The Bertz CT molecular complexity index is 865. The zero-order chi connectivity index (χ0) is 17.6. The van der Waals surface area contributed by atoms with Crippen LogP contribution in [0.4, 0.5) is 15.8 Å². The van der Waals surface area contributed by atoms with Crippen molar-refractivity contribution >= 4 is 17.3 Å². The monoisotopic (exact) mass is 336 g/mol. The second kappa shape index (κ2) is 7.49. The molecule has 3 N–H and O–H groups in total. The van der Waals surface area contributed by atoms with Crippen LogP contribution in [-0.2, 0) is 6.61 Å². The van der Waals surface area contributed by atoms with Gasteiger partial charge < -0.3 is 15.8 Å². The Morgan fingerprint density at radius 3 is 2.40 bits per heavy atom. The zero-order valence-corrected chi connectivity index (χ0v) is 13.4. The van der Waals surface area contributed by atoms with E-state index in [9.17, 15) is 9.18 Å². The molecular weight excluding hydrogens is 319 g/mol. The molecule has 0 bridgehead atoms. The lowest BCUT2D eigenvalue weighted by Gasteiger charge is -2.08. The molecular formula is C20H17FN2O2. The van der Waals surface area contributed by atoms with Gasteiger partial charge in [-0.05, 0) is 48.0 Å². The number of rotatable bonds is 5. The Kier molecular flexibility index (Phi) is 4.95. The van der Waals surface area contributed by atoms with E-state index >= 15 is 0 Å². The predicted octanol–water partition coefficient (Wildman–Crippen LogP) is 4.24. The summed E-state index contributed by atoms with van der Waals surface area (Å²) in [6, 6.07) is 20.7. The van der Waals surface area contributed by atoms with Crippen LogP contribution in [0.15, 0.2) is 72.8 Å². The first kappa shape index (κ1) is 16.5. The molecule has 0 aliphatic heterocycles. The Morgan fingerprint density at radius 2 is 1.72 bits per heavy atom. The minimum atomic E-state index is -0.567. The normalized spacial score (nSPS) is 10.3. The summed E-state index contributed by atoms with van der Waals surface area (Å²) in [5.41, 5.74) is 7.32. The molecule has 0 atom stereocenters. The van der Waals surface area contributed by atoms with Gasteiger partial charge in [-0.2, -0.15) is 0 Å². The fraction of sp³-hybridized carbons (Fsp3) is 0.0500. The molecule has 0 saturated carbocycles. The maximum atomic E-state index is 13.4. The zero-order valence-electron chi connectivity index (χ0n) is 13.4. The lowest BCUT2D eigenvalue weighted by molar-refractivity contribution is 0.102. The van der Waals surface area contributed by atoms with Gasteiger partial charge in [-0.15, -0.1) is 0 Å². The van der Waals surface area contributed by atoms with E-state index < -0.39 is 5.82 Å². The molecule has 25 heavy (non-hydrogen) atoms. The van der Waals surface area contributed by atoms with E-state index in [0.717, 1.165) is 5.56 Å². The van der Waals surface area contributed by atoms with Crippen molar-refractivity contribution in [2.24, 2.45) is 0 Å². The average Bonchev–Trinajstić information content (AvgIpc) is 2.64. The Morgan fingerprint density at radius 1 is 1.00 bits per heavy atom. The average molecular weight is 336 g/mol. The van der Waals surface area contributed by atoms with Crippen LogP contribution in [0.25, 0.3) is 0 Å². The first-order valence-corrected chi connectivity index (χ1v) is 7.75. The van der Waals surface area contributed by atoms with Crippen LogP contribution < -0.4 is 15.8 Å². The van der Waals surface area contributed by atoms with Gasteiger partial charge in [0.1, 0.15) is 18.2 Å². The lowest BCUT2D eigenvalue weighted by atomic mass is 10.2. The summed E-state index contributed by atoms with van der Waals surface area (Å²) in [5.74, 6) is -0.236. The smallest absolute Gasteiger partial charge is 0.255 e. The van der Waals surface area contributed by atoms with E-state index in [-0.39, 0.29) is 11.6 Å². The number of amides is 1. The van der Waals surface area contributed by atoms with E-state index in [0.29, 0.717) is 23.6 Å². The molecule has 0 aliphatic carbocycles. The van der Waals surface area contributed by atoms with Crippen LogP contribution in [-0.4, -0.2) is 5.91 Å². The first-order chi connectivity index (χ1) is 12.1. The molecule has 0 heterocycles. The van der Waals surface area contributed by atoms with Crippen molar-refractivity contribution in [1.82, 2.24) is 0 Å². The van der Waals surface area contributed by atoms with Crippen LogP contribution in [0.1, 0.15) is 15.9 Å². The van der Waals surface area contributed by atoms with Crippen LogP contribution in [0, 0.1) is 5.82 Å². The van der Waals surface area contributed by atoms with Gasteiger partial charge in [-0.1, -0.05) is 30.3 Å². The highest BCUT2D eigenvalue weighted by Crippen LogP contribution is 2.18. The second-order valence-electron chi connectivity index (χ2n) is 5.49. The molecule has 0 spiro atoms. The van der Waals surface area contributed by atoms with Crippen LogP contribution >= 0.6 is 0 Å². The lowest BCUT2D eigenvalue weighted by Crippen LogP contribution is -2.12. The Balaban J connectivity index is 1.61. The quantitative estimate of drug-likeness (QED) is 0.685. The van der Waals surface area contributed by atoms with Gasteiger partial charge in [-0.25, -0.2) is 4.39 Å². The van der Waals surface area contributed by atoms with Gasteiger partial charge in [-0.3, -0.25) is 4.79 Å². The topological polar surface area (TPSA) is 64.3 Å². The van der Waals surface area contributed by atoms with Crippen molar-refractivity contribution in [1.29, 1.82) is 0 Å². The van der Waals surface area contributed by atoms with Gasteiger partial charge in [0.05, 0.1) is 5.69 Å². The molecule has 0 saturated heterocycles. The highest BCUT2D eigenvalue weighted by atomic mass is 19.1. The number of nitrogen functional groups attached to an aromatic ring is 1. The molecule has 3 rings (SSSR count). The first-order valence-electron chi connectivity index (χ1n) is 7.75. The number of hydrogen-bond donors (Lipinski definition) is 2. The van der Waals surface area contributed by atoms with Crippen molar-refractivity contribution < 1.29 is 13.9 Å². The molecule has 1 amide bonds. The van der Waals surface area contributed by atoms with E-state index in [1.54, 1.807) is 30.3 Å². The highest BCUT2D eigenvalue weighted by Gasteiger charge is 2.08. The van der Waals surface area contributed by atoms with Crippen molar-refractivity contribution in [2.45, 2.75) is 6.61 Å². The summed E-state index contributed by atoms with van der Waals surface area (Å²) < 4.78 is 19.1. The Labute approximate surface area is 145 Å². The number of hydrogen-bond acceptors (Lipinski definition) is 3. The second-order valence-corrected chi connectivity index (χ2v) is 5.49. The number of nitrogens with one attached hydrogen (secondary N) is 1. The summed E-state index contributed by atoms with van der Waals surface area (Å²) in [6.07, 6.45) is 0. The fourth-order valence-corrected chi connectivity index (χ4v) is 2.25. The molecule has 0 aromatic heterocycles. The van der Waals surface area contributed by atoms with E-state index in [1.807, 2.05) is 30.3 Å². The highest BCUT2D eigenvalue weighted by molar-refractivity contribution is 6.04. The molecule has 0 unspecified atom stereocenters. The standard InChI is InChI=1S/C20H17FN2O2/c21-18-12-16(8-11-19(18)22)23-20(24)15-6-9-17(10-7-15)25-13-14-4-2-1-3-5-14/h1-12H,13,22H2,(H,23,24). The van der Waals surface area contributed by atoms with Gasteiger partial charge >= 0.3 is 0 Å². The number of carbonyl (C=O) groups is 1. The molecule has 5 heteroatoms. The number of carbonyl (C=O) groups excluding carboxylic acids is 1. The minimum absolute atomic E-state index is 0.0397. The third-order valence-corrected chi connectivity index (χ3v) is 3.62. The summed E-state index contributed by atoms with van der Waals surface area (Å²) in [6.45, 7) is 0.455. The third kappa shape index (κ3) is 4.35. The van der Waals surface area contributed by atoms with Crippen LogP contribution in [0.2, 0.25) is 0 Å². The summed E-state index contributed by atoms with van der Waals surface area (Å²) in [7, 11) is 0. The number of nitrogens with two attached hydrogens (primary N) is 1. The number of anilines is 2. The number of benzene rings is 3. The summed E-state index contributed by atoms with van der Waals surface area (Å²) in [5, 5.41) is 2.63. The van der Waals surface area contributed by atoms with Crippen LogP contribution in [0.5, 0.6) is 5.75 Å². The number of ether oxygens (including phenoxy) is 1. The largest absolute Gasteiger partial charge is 0.489 e. The molecule has 0 aliphatic rings. The van der Waals surface area contributed by atoms with E-state index in [1.165, 1.54) is 12.1 Å². The van der Waals surface area contributed by atoms with Crippen molar-refractivity contribution in [3.8, 4) is 5.75 Å². The van der Waals surface area contributed by atoms with Crippen molar-refractivity contribution in [3.05, 3.63) is 89.7 Å². The maximum absolute atomic E-state index is 13.4. The predicted molar refractivity (Wildman–Crippen MR) is 96.0 cm³/mol. The van der Waals surface area contributed by atoms with Gasteiger partial charge in [0.25, 0.3) is 5.91 Å². The minimum Gasteiger partial charge on any atom is -0.489 e. The molecule has 3 aromatic carbocycles. The Hall–Kier alpha value is -3.34. The van der Waals surface area contributed by atoms with Crippen molar-refractivity contribution in [3.63, 3.8) is 0 Å². The van der Waals surface area contributed by atoms with Gasteiger partial charge in [0.15, 0.2) is 0 Å². The van der Waals surface area contributed by atoms with Crippen LogP contribution in [0.3, 0.4) is 0 Å². The molecule has 4 nitrogen and oxygen atoms in total. The van der Waals surface area contributed by atoms with Gasteiger partial charge in [0, 0.05) is 11.3 Å². The van der Waals surface area contributed by atoms with E-state index in [4.69, 9.17) is 10.5 Å². The molecule has 0 fully saturated rings. The third-order valence-electron chi connectivity index (χ3n) is 3.62. The fourth-order valence-electron chi connectivity index (χ4n) is 2.25. The molecule has 0 radical (unpaired) electrons. The van der Waals surface area contributed by atoms with Gasteiger partial charge in [0.2, 0.25) is 0 Å². The SMILES string of the molecule is Nc1ccc(NC(=O)c2ccc(OCc3ccccc3)cc2)cc1F. The van der Waals surface area contributed by atoms with Crippen molar-refractivity contribution in [2.75, 3.05) is 11.1 Å². The van der Waals surface area contributed by atoms with E-state index in [2.05, 4.69) is 5.32 Å². The summed E-state index contributed by atoms with van der Waals surface area (Å²) >= 11 is 0.